The summed E-state index contributed by atoms with van der Waals surface area (Å²) in [5, 5.41) is 9.71. The van der Waals surface area contributed by atoms with Gasteiger partial charge in [-0.15, -0.1) is 0 Å². The predicted octanol–water partition coefficient (Wildman–Crippen LogP) is 1.34. The molecule has 0 aromatic heterocycles. The van der Waals surface area contributed by atoms with Gasteiger partial charge in [-0.05, 0) is 13.3 Å². The van der Waals surface area contributed by atoms with E-state index < -0.39 is 6.10 Å². The molecule has 13 heavy (non-hydrogen) atoms. The Labute approximate surface area is 79.1 Å². The van der Waals surface area contributed by atoms with Gasteiger partial charge in [0.25, 0.3) is 0 Å². The van der Waals surface area contributed by atoms with Crippen molar-refractivity contribution >= 4 is 5.97 Å². The van der Waals surface area contributed by atoms with Crippen LogP contribution in [0.4, 0.5) is 0 Å². The van der Waals surface area contributed by atoms with Gasteiger partial charge < -0.3 is 9.84 Å². The molecule has 1 heterocycles. The molecule has 0 amide bonds. The minimum atomic E-state index is -0.544. The van der Waals surface area contributed by atoms with E-state index in [2.05, 4.69) is 0 Å². The number of carbonyl (C=O) groups is 1. The van der Waals surface area contributed by atoms with Crippen LogP contribution in [0.25, 0.3) is 0 Å². The summed E-state index contributed by atoms with van der Waals surface area (Å²) in [6.07, 6.45) is 1.18. The van der Waals surface area contributed by atoms with E-state index in [4.69, 9.17) is 4.74 Å². The van der Waals surface area contributed by atoms with Gasteiger partial charge in [0.2, 0.25) is 0 Å². The highest BCUT2D eigenvalue weighted by atomic mass is 16.5. The molecule has 0 radical (unpaired) electrons. The Morgan fingerprint density at radius 3 is 2.62 bits per heavy atom. The number of aliphatic hydroxyl groups is 1. The second-order valence-corrected chi connectivity index (χ2v) is 3.90. The summed E-state index contributed by atoms with van der Waals surface area (Å²) in [4.78, 5) is 11.3. The van der Waals surface area contributed by atoms with Crippen LogP contribution in [0.15, 0.2) is 0 Å². The number of rotatable bonds is 2. The molecule has 1 rings (SSSR count). The summed E-state index contributed by atoms with van der Waals surface area (Å²) in [7, 11) is 0. The molecule has 0 spiro atoms. The molecule has 1 fully saturated rings. The number of hydrogen-bond acceptors (Lipinski definition) is 3. The molecule has 4 atom stereocenters. The number of aliphatic hydroxyl groups excluding tert-OH is 1. The first-order valence-electron chi connectivity index (χ1n) is 4.96. The second-order valence-electron chi connectivity index (χ2n) is 3.90. The molecule has 0 saturated carbocycles. The molecule has 0 unspecified atom stereocenters. The van der Waals surface area contributed by atoms with Crippen molar-refractivity contribution in [3.63, 3.8) is 0 Å². The maximum atomic E-state index is 11.3. The van der Waals surface area contributed by atoms with Gasteiger partial charge >= 0.3 is 5.97 Å². The summed E-state index contributed by atoms with van der Waals surface area (Å²) >= 11 is 0. The Kier molecular flexibility index (Phi) is 3.31. The topological polar surface area (TPSA) is 46.5 Å². The van der Waals surface area contributed by atoms with Gasteiger partial charge in [0, 0.05) is 5.92 Å². The summed E-state index contributed by atoms with van der Waals surface area (Å²) in [5.74, 6) is -0.570. The Hall–Kier alpha value is -0.570. The average molecular weight is 186 g/mol. The van der Waals surface area contributed by atoms with Crippen LogP contribution in [0, 0.1) is 11.8 Å². The Morgan fingerprint density at radius 2 is 2.08 bits per heavy atom. The highest BCUT2D eigenvalue weighted by molar-refractivity contribution is 5.73. The molecule has 1 N–H and O–H groups in total. The quantitative estimate of drug-likeness (QED) is 0.662. The first-order valence-corrected chi connectivity index (χ1v) is 4.96. The standard InChI is InChI=1S/C10H18O3/c1-4-5-8-6(2)9(11)7(3)10(12)13-8/h6-9,11H,4-5H2,1-3H3/t6-,7+,8+,9-/m0/s1. The van der Waals surface area contributed by atoms with E-state index in [0.717, 1.165) is 12.8 Å². The molecule has 0 bridgehead atoms. The molecule has 3 heteroatoms. The van der Waals surface area contributed by atoms with Gasteiger partial charge in [-0.1, -0.05) is 20.3 Å². The second kappa shape index (κ2) is 4.09. The van der Waals surface area contributed by atoms with Crippen molar-refractivity contribution in [1.82, 2.24) is 0 Å². The molecule has 1 aliphatic heterocycles. The fourth-order valence-corrected chi connectivity index (χ4v) is 1.78. The van der Waals surface area contributed by atoms with Crippen molar-refractivity contribution in [3.8, 4) is 0 Å². The van der Waals surface area contributed by atoms with Crippen LogP contribution in [0.1, 0.15) is 33.6 Å². The van der Waals surface area contributed by atoms with Crippen molar-refractivity contribution in [2.45, 2.75) is 45.8 Å². The van der Waals surface area contributed by atoms with Crippen LogP contribution in [0.5, 0.6) is 0 Å². The SMILES string of the molecule is CCC[C@H]1OC(=O)[C@H](C)[C@@H](O)[C@H]1C. The number of ether oxygens (including phenoxy) is 1. The minimum absolute atomic E-state index is 0.0626. The van der Waals surface area contributed by atoms with Crippen molar-refractivity contribution in [3.05, 3.63) is 0 Å². The van der Waals surface area contributed by atoms with Crippen LogP contribution in [-0.2, 0) is 9.53 Å². The first kappa shape index (κ1) is 10.5. The first-order chi connectivity index (χ1) is 6.07. The summed E-state index contributed by atoms with van der Waals surface area (Å²) in [5.41, 5.74) is 0. The van der Waals surface area contributed by atoms with Crippen LogP contribution in [0.2, 0.25) is 0 Å². The molecule has 76 valence electrons. The van der Waals surface area contributed by atoms with Gasteiger partial charge in [0.15, 0.2) is 0 Å². The average Bonchev–Trinajstić information content (AvgIpc) is 2.11. The zero-order valence-corrected chi connectivity index (χ0v) is 8.49. The van der Waals surface area contributed by atoms with Gasteiger partial charge in [-0.25, -0.2) is 0 Å². The largest absolute Gasteiger partial charge is 0.462 e. The fraction of sp³-hybridized carbons (Fsp3) is 0.900. The minimum Gasteiger partial charge on any atom is -0.462 e. The third-order valence-electron chi connectivity index (χ3n) is 2.85. The van der Waals surface area contributed by atoms with E-state index in [1.165, 1.54) is 0 Å². The van der Waals surface area contributed by atoms with Gasteiger partial charge in [-0.3, -0.25) is 4.79 Å². The zero-order chi connectivity index (χ0) is 10.0. The molecular weight excluding hydrogens is 168 g/mol. The molecule has 0 aromatic carbocycles. The summed E-state index contributed by atoms with van der Waals surface area (Å²) in [6, 6.07) is 0. The lowest BCUT2D eigenvalue weighted by Gasteiger charge is -2.36. The lowest BCUT2D eigenvalue weighted by atomic mass is 9.85. The van der Waals surface area contributed by atoms with E-state index in [0.29, 0.717) is 0 Å². The molecule has 1 aliphatic rings. The smallest absolute Gasteiger partial charge is 0.311 e. The van der Waals surface area contributed by atoms with Crippen LogP contribution in [0.3, 0.4) is 0 Å². The Morgan fingerprint density at radius 1 is 1.46 bits per heavy atom. The van der Waals surface area contributed by atoms with E-state index >= 15 is 0 Å². The maximum Gasteiger partial charge on any atom is 0.311 e. The van der Waals surface area contributed by atoms with Gasteiger partial charge in [0.1, 0.15) is 6.10 Å². The van der Waals surface area contributed by atoms with Crippen molar-refractivity contribution < 1.29 is 14.6 Å². The molecule has 0 aliphatic carbocycles. The maximum absolute atomic E-state index is 11.3. The van der Waals surface area contributed by atoms with Crippen LogP contribution >= 0.6 is 0 Å². The molecule has 3 nitrogen and oxygen atoms in total. The van der Waals surface area contributed by atoms with E-state index in [1.807, 2.05) is 13.8 Å². The lowest BCUT2D eigenvalue weighted by molar-refractivity contribution is -0.177. The number of carbonyl (C=O) groups excluding carboxylic acids is 1. The fourth-order valence-electron chi connectivity index (χ4n) is 1.78. The van der Waals surface area contributed by atoms with Gasteiger partial charge in [0.05, 0.1) is 12.0 Å². The summed E-state index contributed by atoms with van der Waals surface area (Å²) in [6.45, 7) is 5.70. The van der Waals surface area contributed by atoms with Crippen LogP contribution < -0.4 is 0 Å². The monoisotopic (exact) mass is 186 g/mol. The molecule has 0 aromatic rings. The Balaban J connectivity index is 2.64. The lowest BCUT2D eigenvalue weighted by Crippen LogP contribution is -2.46. The number of cyclic esters (lactones) is 1. The van der Waals surface area contributed by atoms with Crippen LogP contribution in [-0.4, -0.2) is 23.3 Å². The van der Waals surface area contributed by atoms with Crippen molar-refractivity contribution in [2.24, 2.45) is 11.8 Å². The van der Waals surface area contributed by atoms with Crippen molar-refractivity contribution in [1.29, 1.82) is 0 Å². The normalized spacial score (nSPS) is 40.2. The predicted molar refractivity (Wildman–Crippen MR) is 49.1 cm³/mol. The highest BCUT2D eigenvalue weighted by Gasteiger charge is 2.39. The summed E-state index contributed by atoms with van der Waals surface area (Å²) < 4.78 is 5.22. The zero-order valence-electron chi connectivity index (χ0n) is 8.49. The third-order valence-corrected chi connectivity index (χ3v) is 2.85. The van der Waals surface area contributed by atoms with E-state index in [1.54, 1.807) is 6.92 Å². The number of hydrogen-bond donors (Lipinski definition) is 1. The van der Waals surface area contributed by atoms with Crippen molar-refractivity contribution in [2.75, 3.05) is 0 Å². The van der Waals surface area contributed by atoms with E-state index in [9.17, 15) is 9.90 Å². The van der Waals surface area contributed by atoms with E-state index in [-0.39, 0.29) is 23.9 Å². The Bertz CT molecular complexity index is 191. The molecule has 1 saturated heterocycles. The highest BCUT2D eigenvalue weighted by Crippen LogP contribution is 2.28. The number of esters is 1. The van der Waals surface area contributed by atoms with Gasteiger partial charge in [-0.2, -0.15) is 0 Å². The third kappa shape index (κ3) is 2.02. The molecular formula is C10H18O3.